The largest absolute Gasteiger partial charge is 0.480 e. The number of carboxylic acids is 1. The van der Waals surface area contributed by atoms with Gasteiger partial charge in [0, 0.05) is 50.0 Å². The molecule has 3 aromatic rings. The number of nitrogens with zero attached hydrogens (tertiary/aromatic N) is 3. The Labute approximate surface area is 211 Å². The maximum absolute atomic E-state index is 12.8. The number of fused-ring (bicyclic) bond motifs is 1. The Morgan fingerprint density at radius 1 is 1.11 bits per heavy atom. The van der Waals surface area contributed by atoms with E-state index in [1.54, 1.807) is 6.07 Å². The van der Waals surface area contributed by atoms with E-state index in [1.165, 1.54) is 10.5 Å². The van der Waals surface area contributed by atoms with Crippen molar-refractivity contribution in [3.63, 3.8) is 0 Å². The first-order valence-electron chi connectivity index (χ1n) is 12.6. The van der Waals surface area contributed by atoms with E-state index in [-0.39, 0.29) is 12.3 Å². The number of carbonyl (C=O) groups excluding carboxylic acids is 1. The van der Waals surface area contributed by atoms with Gasteiger partial charge in [-0.1, -0.05) is 30.3 Å². The van der Waals surface area contributed by atoms with Gasteiger partial charge in [-0.25, -0.2) is 9.78 Å². The third kappa shape index (κ3) is 5.20. The fourth-order valence-electron chi connectivity index (χ4n) is 5.20. The number of aliphatic carboxylic acids is 1. The predicted octanol–water partition coefficient (Wildman–Crippen LogP) is 4.37. The molecule has 1 aromatic heterocycles. The second-order valence-corrected chi connectivity index (χ2v) is 9.84. The van der Waals surface area contributed by atoms with E-state index < -0.39 is 12.0 Å². The molecule has 3 heterocycles. The Bertz CT molecular complexity index is 1240. The van der Waals surface area contributed by atoms with Gasteiger partial charge in [-0.3, -0.25) is 4.79 Å². The zero-order valence-corrected chi connectivity index (χ0v) is 20.6. The molecule has 7 nitrogen and oxygen atoms in total. The van der Waals surface area contributed by atoms with Crippen molar-refractivity contribution < 1.29 is 14.7 Å². The smallest absolute Gasteiger partial charge is 0.326 e. The highest BCUT2D eigenvalue weighted by atomic mass is 16.4. The number of hydrogen-bond donors (Lipinski definition) is 2. The standard InChI is InChI=1S/C29H32N4O3/c1-20-10-13-30-27(16-20)31-18-22-11-14-32(15-12-22)24-8-6-21(7-9-24)17-26(29(35)36)33-19-23-4-2-3-5-25(23)28(33)34/h2-10,13,16,22,26H,11-12,14-15,17-19H2,1H3,(H,30,31)(H,35,36). The van der Waals surface area contributed by atoms with Gasteiger partial charge in [-0.2, -0.15) is 0 Å². The van der Waals surface area contributed by atoms with Crippen molar-refractivity contribution in [3.05, 3.63) is 89.1 Å². The van der Waals surface area contributed by atoms with Gasteiger partial charge in [0.05, 0.1) is 0 Å². The van der Waals surface area contributed by atoms with E-state index in [4.69, 9.17) is 0 Å². The minimum Gasteiger partial charge on any atom is -0.480 e. The Morgan fingerprint density at radius 2 is 1.86 bits per heavy atom. The number of pyridine rings is 1. The molecule has 186 valence electrons. The summed E-state index contributed by atoms with van der Waals surface area (Å²) in [5, 5.41) is 13.4. The lowest BCUT2D eigenvalue weighted by molar-refractivity contribution is -0.142. The fourth-order valence-corrected chi connectivity index (χ4v) is 5.20. The van der Waals surface area contributed by atoms with E-state index in [1.807, 2.05) is 42.6 Å². The van der Waals surface area contributed by atoms with Crippen LogP contribution in [0.2, 0.25) is 0 Å². The predicted molar refractivity (Wildman–Crippen MR) is 140 cm³/mol. The number of carbonyl (C=O) groups is 2. The Balaban J connectivity index is 1.15. The van der Waals surface area contributed by atoms with Gasteiger partial charge in [-0.15, -0.1) is 0 Å². The number of rotatable bonds is 8. The van der Waals surface area contributed by atoms with Crippen LogP contribution in [-0.4, -0.2) is 52.5 Å². The van der Waals surface area contributed by atoms with Gasteiger partial charge in [0.1, 0.15) is 11.9 Å². The lowest BCUT2D eigenvalue weighted by Crippen LogP contribution is -2.42. The van der Waals surface area contributed by atoms with Crippen LogP contribution in [0.25, 0.3) is 0 Å². The molecule has 1 fully saturated rings. The molecular weight excluding hydrogens is 452 g/mol. The summed E-state index contributed by atoms with van der Waals surface area (Å²) in [4.78, 5) is 33.1. The number of carboxylic acid groups (broad SMARTS) is 1. The highest BCUT2D eigenvalue weighted by Crippen LogP contribution is 2.27. The molecule has 36 heavy (non-hydrogen) atoms. The number of hydrogen-bond acceptors (Lipinski definition) is 5. The third-order valence-electron chi connectivity index (χ3n) is 7.34. The molecule has 0 spiro atoms. The SMILES string of the molecule is Cc1ccnc(NCC2CCN(c3ccc(CC(C(=O)O)N4Cc5ccccc5C4=O)cc3)CC2)c1. The first-order chi connectivity index (χ1) is 17.5. The molecule has 2 N–H and O–H groups in total. The summed E-state index contributed by atoms with van der Waals surface area (Å²) >= 11 is 0. The average molecular weight is 485 g/mol. The first kappa shape index (κ1) is 23.9. The van der Waals surface area contributed by atoms with Crippen LogP contribution < -0.4 is 10.2 Å². The molecule has 7 heteroatoms. The molecule has 0 radical (unpaired) electrons. The van der Waals surface area contributed by atoms with Crippen LogP contribution in [-0.2, 0) is 17.8 Å². The molecule has 2 aliphatic rings. The molecule has 2 aliphatic heterocycles. The van der Waals surface area contributed by atoms with Crippen LogP contribution in [0.15, 0.2) is 66.9 Å². The molecule has 0 aliphatic carbocycles. The van der Waals surface area contributed by atoms with Gasteiger partial charge in [-0.05, 0) is 72.7 Å². The van der Waals surface area contributed by atoms with Crippen LogP contribution in [0.4, 0.5) is 11.5 Å². The molecule has 1 unspecified atom stereocenters. The van der Waals surface area contributed by atoms with Crippen LogP contribution in [0.1, 0.15) is 39.9 Å². The highest BCUT2D eigenvalue weighted by molar-refractivity contribution is 6.00. The van der Waals surface area contributed by atoms with E-state index in [0.29, 0.717) is 18.0 Å². The molecule has 1 atom stereocenters. The molecule has 1 amide bonds. The third-order valence-corrected chi connectivity index (χ3v) is 7.34. The number of benzene rings is 2. The van der Waals surface area contributed by atoms with Gasteiger partial charge in [0.25, 0.3) is 5.91 Å². The van der Waals surface area contributed by atoms with Gasteiger partial charge < -0.3 is 20.2 Å². The normalized spacial score (nSPS) is 16.6. The van der Waals surface area contributed by atoms with Crippen LogP contribution in [0, 0.1) is 12.8 Å². The molecule has 0 bridgehead atoms. The number of piperidine rings is 1. The maximum atomic E-state index is 12.8. The van der Waals surface area contributed by atoms with Crippen LogP contribution >= 0.6 is 0 Å². The van der Waals surface area contributed by atoms with Crippen molar-refractivity contribution >= 4 is 23.4 Å². The zero-order valence-electron chi connectivity index (χ0n) is 20.6. The Kier molecular flexibility index (Phi) is 6.89. The minimum atomic E-state index is -0.975. The number of anilines is 2. The Morgan fingerprint density at radius 3 is 2.56 bits per heavy atom. The maximum Gasteiger partial charge on any atom is 0.326 e. The van der Waals surface area contributed by atoms with Gasteiger partial charge in [0.15, 0.2) is 0 Å². The van der Waals surface area contributed by atoms with Crippen molar-refractivity contribution in [3.8, 4) is 0 Å². The fraction of sp³-hybridized carbons (Fsp3) is 0.345. The molecule has 1 saturated heterocycles. The second-order valence-electron chi connectivity index (χ2n) is 9.84. The summed E-state index contributed by atoms with van der Waals surface area (Å²) < 4.78 is 0. The quantitative estimate of drug-likeness (QED) is 0.494. The van der Waals surface area contributed by atoms with Crippen molar-refractivity contribution in [2.45, 2.75) is 38.8 Å². The van der Waals surface area contributed by atoms with Crippen LogP contribution in [0.3, 0.4) is 0 Å². The summed E-state index contributed by atoms with van der Waals surface area (Å²) in [5.74, 6) is 0.371. The van der Waals surface area contributed by atoms with Gasteiger partial charge >= 0.3 is 5.97 Å². The topological polar surface area (TPSA) is 85.8 Å². The summed E-state index contributed by atoms with van der Waals surface area (Å²) in [6.45, 7) is 5.33. The zero-order chi connectivity index (χ0) is 25.1. The van der Waals surface area contributed by atoms with E-state index in [0.717, 1.165) is 55.1 Å². The van der Waals surface area contributed by atoms with E-state index in [9.17, 15) is 14.7 Å². The van der Waals surface area contributed by atoms with E-state index in [2.05, 4.69) is 40.3 Å². The second kappa shape index (κ2) is 10.4. The minimum absolute atomic E-state index is 0.204. The summed E-state index contributed by atoms with van der Waals surface area (Å²) in [6, 6.07) is 18.7. The lowest BCUT2D eigenvalue weighted by atomic mass is 9.96. The molecular formula is C29H32N4O3. The monoisotopic (exact) mass is 484 g/mol. The molecule has 0 saturated carbocycles. The molecule has 2 aromatic carbocycles. The Hall–Kier alpha value is -3.87. The van der Waals surface area contributed by atoms with Crippen LogP contribution in [0.5, 0.6) is 0 Å². The summed E-state index contributed by atoms with van der Waals surface area (Å²) in [7, 11) is 0. The van der Waals surface area contributed by atoms with Crippen molar-refractivity contribution in [2.24, 2.45) is 5.92 Å². The number of nitrogens with one attached hydrogen (secondary N) is 1. The first-order valence-corrected chi connectivity index (χ1v) is 12.6. The van der Waals surface area contributed by atoms with E-state index >= 15 is 0 Å². The van der Waals surface area contributed by atoms with Crippen molar-refractivity contribution in [2.75, 3.05) is 29.9 Å². The number of amides is 1. The summed E-state index contributed by atoms with van der Waals surface area (Å²) in [5.41, 5.74) is 4.77. The van der Waals surface area contributed by atoms with Crippen molar-refractivity contribution in [1.82, 2.24) is 9.88 Å². The van der Waals surface area contributed by atoms with Crippen molar-refractivity contribution in [1.29, 1.82) is 0 Å². The van der Waals surface area contributed by atoms with Gasteiger partial charge in [0.2, 0.25) is 0 Å². The molecule has 5 rings (SSSR count). The summed E-state index contributed by atoms with van der Waals surface area (Å²) in [6.07, 6.45) is 4.35. The highest BCUT2D eigenvalue weighted by Gasteiger charge is 2.36. The number of aromatic nitrogens is 1. The average Bonchev–Trinajstić information content (AvgIpc) is 3.23. The number of aryl methyl sites for hydroxylation is 1. The lowest BCUT2D eigenvalue weighted by Gasteiger charge is -2.34.